The van der Waals surface area contributed by atoms with Crippen LogP contribution in [0.1, 0.15) is 39.7 Å². The monoisotopic (exact) mass is 265 g/mol. The molecule has 3 nitrogen and oxygen atoms in total. The molecule has 0 radical (unpaired) electrons. The fraction of sp³-hybridized carbons (Fsp3) is 0.400. The summed E-state index contributed by atoms with van der Waals surface area (Å²) < 4.78 is 18.6. The van der Waals surface area contributed by atoms with E-state index in [1.54, 1.807) is 32.9 Å². The Kier molecular flexibility index (Phi) is 5.10. The number of allylic oxidation sites excluding steroid dienone is 1. The van der Waals surface area contributed by atoms with E-state index in [9.17, 15) is 9.18 Å². The average Bonchev–Trinajstić information content (AvgIpc) is 2.27. The molecule has 0 aromatic heterocycles. The molecular weight excluding hydrogens is 245 g/mol. The number of anilines is 1. The Morgan fingerprint density at radius 3 is 2.68 bits per heavy atom. The highest BCUT2D eigenvalue weighted by Crippen LogP contribution is 2.17. The summed E-state index contributed by atoms with van der Waals surface area (Å²) >= 11 is 0. The first-order valence-corrected chi connectivity index (χ1v) is 6.28. The number of hydrogen-bond acceptors (Lipinski definition) is 2. The molecule has 0 heterocycles. The number of amides is 1. The van der Waals surface area contributed by atoms with Gasteiger partial charge in [0.15, 0.2) is 0 Å². The summed E-state index contributed by atoms with van der Waals surface area (Å²) in [5, 5.41) is 2.58. The molecule has 0 saturated carbocycles. The van der Waals surface area contributed by atoms with Gasteiger partial charge in [0.2, 0.25) is 0 Å². The maximum Gasteiger partial charge on any atom is 0.412 e. The fourth-order valence-electron chi connectivity index (χ4n) is 1.42. The number of ether oxygens (including phenoxy) is 1. The second kappa shape index (κ2) is 6.36. The van der Waals surface area contributed by atoms with Crippen molar-refractivity contribution in [1.29, 1.82) is 0 Å². The summed E-state index contributed by atoms with van der Waals surface area (Å²) in [4.78, 5) is 11.6. The van der Waals surface area contributed by atoms with Crippen LogP contribution < -0.4 is 5.32 Å². The molecule has 0 unspecified atom stereocenters. The zero-order chi connectivity index (χ0) is 14.5. The van der Waals surface area contributed by atoms with E-state index >= 15 is 0 Å². The van der Waals surface area contributed by atoms with Gasteiger partial charge >= 0.3 is 6.09 Å². The van der Waals surface area contributed by atoms with Gasteiger partial charge in [0.05, 0.1) is 0 Å². The topological polar surface area (TPSA) is 38.3 Å². The van der Waals surface area contributed by atoms with Crippen molar-refractivity contribution in [2.75, 3.05) is 5.32 Å². The van der Waals surface area contributed by atoms with Crippen LogP contribution in [0.2, 0.25) is 0 Å². The van der Waals surface area contributed by atoms with Crippen molar-refractivity contribution in [2.45, 2.75) is 39.7 Å². The van der Waals surface area contributed by atoms with Gasteiger partial charge in [-0.15, -0.1) is 0 Å². The largest absolute Gasteiger partial charge is 0.444 e. The predicted molar refractivity (Wildman–Crippen MR) is 75.6 cm³/mol. The summed E-state index contributed by atoms with van der Waals surface area (Å²) in [5.74, 6) is -0.320. The molecule has 4 heteroatoms. The molecule has 0 aliphatic carbocycles. The second-order valence-corrected chi connectivity index (χ2v) is 5.17. The van der Waals surface area contributed by atoms with Gasteiger partial charge in [-0.3, -0.25) is 5.32 Å². The number of benzene rings is 1. The Morgan fingerprint density at radius 1 is 1.42 bits per heavy atom. The second-order valence-electron chi connectivity index (χ2n) is 5.17. The Labute approximate surface area is 113 Å². The minimum atomic E-state index is -0.560. The van der Waals surface area contributed by atoms with E-state index in [1.807, 2.05) is 13.0 Å². The highest BCUT2D eigenvalue weighted by molar-refractivity contribution is 5.85. The molecule has 1 N–H and O–H groups in total. The van der Waals surface area contributed by atoms with E-state index in [4.69, 9.17) is 4.74 Å². The number of halogens is 1. The van der Waals surface area contributed by atoms with Crippen molar-refractivity contribution in [3.63, 3.8) is 0 Å². The molecule has 0 atom stereocenters. The molecule has 1 aromatic carbocycles. The molecule has 0 saturated heterocycles. The number of carbonyl (C=O) groups is 1. The number of hydrogen-bond donors (Lipinski definition) is 1. The van der Waals surface area contributed by atoms with Gasteiger partial charge < -0.3 is 4.74 Å². The number of carbonyl (C=O) groups excluding carboxylic acids is 1. The lowest BCUT2D eigenvalue weighted by molar-refractivity contribution is 0.0636. The molecule has 1 amide bonds. The summed E-state index contributed by atoms with van der Waals surface area (Å²) in [6, 6.07) is 4.40. The fourth-order valence-corrected chi connectivity index (χ4v) is 1.42. The van der Waals surface area contributed by atoms with Crippen molar-refractivity contribution in [1.82, 2.24) is 0 Å². The summed E-state index contributed by atoms with van der Waals surface area (Å²) in [5.41, 5.74) is 0.386. The number of nitrogens with one attached hydrogen (secondary N) is 1. The minimum absolute atomic E-state index is 0.320. The van der Waals surface area contributed by atoms with Gasteiger partial charge in [-0.2, -0.15) is 0 Å². The maximum atomic E-state index is 13.5. The lowest BCUT2D eigenvalue weighted by Gasteiger charge is -2.19. The molecule has 0 bridgehead atoms. The molecule has 0 fully saturated rings. The number of rotatable bonds is 3. The van der Waals surface area contributed by atoms with Crippen LogP contribution in [0.3, 0.4) is 0 Å². The summed E-state index contributed by atoms with van der Waals surface area (Å²) in [6.45, 7) is 7.32. The standard InChI is InChI=1S/C15H20FNO2/c1-5-6-7-11-10-12(8-9-13(11)16)17-14(18)19-15(2,3)4/h6-10H,5H2,1-4H3,(H,17,18)/b7-6+. The smallest absolute Gasteiger partial charge is 0.412 e. The Morgan fingerprint density at radius 2 is 2.11 bits per heavy atom. The van der Waals surface area contributed by atoms with Crippen molar-refractivity contribution >= 4 is 17.9 Å². The highest BCUT2D eigenvalue weighted by atomic mass is 19.1. The van der Waals surface area contributed by atoms with Crippen molar-refractivity contribution in [3.05, 3.63) is 35.7 Å². The molecule has 0 aliphatic rings. The van der Waals surface area contributed by atoms with E-state index in [-0.39, 0.29) is 5.82 Å². The predicted octanol–water partition coefficient (Wildman–Crippen LogP) is 4.60. The lowest BCUT2D eigenvalue weighted by Crippen LogP contribution is -2.27. The first kappa shape index (κ1) is 15.2. The zero-order valence-electron chi connectivity index (χ0n) is 11.8. The molecule has 104 valence electrons. The molecule has 0 aliphatic heterocycles. The van der Waals surface area contributed by atoms with Crippen molar-refractivity contribution in [3.8, 4) is 0 Å². The van der Waals surface area contributed by atoms with E-state index in [1.165, 1.54) is 12.1 Å². The van der Waals surface area contributed by atoms with Crippen molar-refractivity contribution in [2.24, 2.45) is 0 Å². The van der Waals surface area contributed by atoms with E-state index < -0.39 is 11.7 Å². The Balaban J connectivity index is 2.80. The Hall–Kier alpha value is -1.84. The van der Waals surface area contributed by atoms with Crippen LogP contribution in [0.25, 0.3) is 6.08 Å². The normalized spacial score (nSPS) is 11.6. The zero-order valence-corrected chi connectivity index (χ0v) is 11.8. The molecule has 1 rings (SSSR count). The molecule has 0 spiro atoms. The molecular formula is C15H20FNO2. The Bertz CT molecular complexity index is 476. The van der Waals surface area contributed by atoms with Crippen LogP contribution in [0.4, 0.5) is 14.9 Å². The van der Waals surface area contributed by atoms with Crippen LogP contribution in [0.15, 0.2) is 24.3 Å². The summed E-state index contributed by atoms with van der Waals surface area (Å²) in [6.07, 6.45) is 3.82. The maximum absolute atomic E-state index is 13.5. The van der Waals surface area contributed by atoms with Gasteiger partial charge in [-0.05, 0) is 45.4 Å². The third-order valence-electron chi connectivity index (χ3n) is 2.17. The lowest BCUT2D eigenvalue weighted by atomic mass is 10.1. The minimum Gasteiger partial charge on any atom is -0.444 e. The third-order valence-corrected chi connectivity index (χ3v) is 2.17. The first-order valence-electron chi connectivity index (χ1n) is 6.28. The van der Waals surface area contributed by atoms with E-state index in [0.717, 1.165) is 6.42 Å². The van der Waals surface area contributed by atoms with Gasteiger partial charge in [0, 0.05) is 11.3 Å². The van der Waals surface area contributed by atoms with Gasteiger partial charge in [-0.25, -0.2) is 9.18 Å². The van der Waals surface area contributed by atoms with Gasteiger partial charge in [0.1, 0.15) is 11.4 Å². The van der Waals surface area contributed by atoms with E-state index in [2.05, 4.69) is 5.32 Å². The van der Waals surface area contributed by atoms with Crippen LogP contribution in [-0.2, 0) is 4.74 Å². The van der Waals surface area contributed by atoms with Crippen LogP contribution in [0.5, 0.6) is 0 Å². The van der Waals surface area contributed by atoms with Crippen LogP contribution in [0, 0.1) is 5.82 Å². The first-order chi connectivity index (χ1) is 8.81. The summed E-state index contributed by atoms with van der Waals surface area (Å²) in [7, 11) is 0. The van der Waals surface area contributed by atoms with E-state index in [0.29, 0.717) is 11.3 Å². The van der Waals surface area contributed by atoms with Crippen LogP contribution in [-0.4, -0.2) is 11.7 Å². The quantitative estimate of drug-likeness (QED) is 0.867. The third kappa shape index (κ3) is 5.55. The van der Waals surface area contributed by atoms with Crippen molar-refractivity contribution < 1.29 is 13.9 Å². The van der Waals surface area contributed by atoms with Crippen LogP contribution >= 0.6 is 0 Å². The van der Waals surface area contributed by atoms with Gasteiger partial charge in [-0.1, -0.05) is 19.1 Å². The molecule has 1 aromatic rings. The average molecular weight is 265 g/mol. The SMILES string of the molecule is CC/C=C/c1cc(NC(=O)OC(C)(C)C)ccc1F. The highest BCUT2D eigenvalue weighted by Gasteiger charge is 2.16. The molecule has 19 heavy (non-hydrogen) atoms. The van der Waals surface area contributed by atoms with Gasteiger partial charge in [0.25, 0.3) is 0 Å².